The molecule has 0 aromatic heterocycles. The third-order valence-electron chi connectivity index (χ3n) is 3.32. The van der Waals surface area contributed by atoms with Gasteiger partial charge in [0.2, 0.25) is 12.5 Å². The van der Waals surface area contributed by atoms with Crippen LogP contribution in [0.3, 0.4) is 0 Å². The smallest absolute Gasteiger partial charge is 0.231 e. The maximum absolute atomic E-state index is 5.80. The number of ether oxygens (including phenoxy) is 3. The first-order chi connectivity index (χ1) is 8.35. The van der Waals surface area contributed by atoms with Gasteiger partial charge < -0.3 is 25.3 Å². The molecular weight excluding hydrogens is 220 g/mol. The molecule has 2 heterocycles. The predicted octanol–water partition coefficient (Wildman–Crippen LogP) is 0.569. The maximum atomic E-state index is 5.80. The molecule has 0 radical (unpaired) electrons. The van der Waals surface area contributed by atoms with Gasteiger partial charge in [0.1, 0.15) is 0 Å². The molecule has 0 aliphatic carbocycles. The molecule has 5 nitrogen and oxygen atoms in total. The molecule has 3 N–H and O–H groups in total. The van der Waals surface area contributed by atoms with Crippen molar-refractivity contribution in [2.24, 2.45) is 5.73 Å². The van der Waals surface area contributed by atoms with E-state index in [0.29, 0.717) is 12.3 Å². The van der Waals surface area contributed by atoms with Crippen LogP contribution >= 0.6 is 0 Å². The molecular formula is C12H16N2O3. The number of methoxy groups -OCH3 is 1. The van der Waals surface area contributed by atoms with Gasteiger partial charge in [-0.15, -0.1) is 0 Å². The Labute approximate surface area is 99.8 Å². The molecule has 2 aliphatic rings. The average molecular weight is 236 g/mol. The van der Waals surface area contributed by atoms with Crippen LogP contribution in [-0.4, -0.2) is 27.0 Å². The lowest BCUT2D eigenvalue weighted by atomic mass is 9.92. The summed E-state index contributed by atoms with van der Waals surface area (Å²) in [6, 6.07) is 2.17. The number of benzene rings is 1. The summed E-state index contributed by atoms with van der Waals surface area (Å²) in [6.07, 6.45) is 0.957. The van der Waals surface area contributed by atoms with Gasteiger partial charge in [-0.05, 0) is 24.6 Å². The van der Waals surface area contributed by atoms with Crippen molar-refractivity contribution >= 4 is 0 Å². The molecule has 1 aromatic carbocycles. The average Bonchev–Trinajstić information content (AvgIpc) is 2.82. The normalized spacial score (nSPS) is 21.2. The molecule has 1 atom stereocenters. The number of fused-ring (bicyclic) bond motifs is 2. The molecule has 0 saturated carbocycles. The van der Waals surface area contributed by atoms with E-state index in [2.05, 4.69) is 5.32 Å². The van der Waals surface area contributed by atoms with Crippen molar-refractivity contribution in [2.45, 2.75) is 12.5 Å². The van der Waals surface area contributed by atoms with Crippen molar-refractivity contribution in [1.82, 2.24) is 5.32 Å². The highest BCUT2D eigenvalue weighted by atomic mass is 16.7. The summed E-state index contributed by atoms with van der Waals surface area (Å²) in [5.74, 6) is 2.24. The zero-order chi connectivity index (χ0) is 11.8. The lowest BCUT2D eigenvalue weighted by Gasteiger charge is -2.28. The summed E-state index contributed by atoms with van der Waals surface area (Å²) < 4.78 is 16.4. The summed E-state index contributed by atoms with van der Waals surface area (Å²) in [4.78, 5) is 0. The zero-order valence-corrected chi connectivity index (χ0v) is 9.79. The summed E-state index contributed by atoms with van der Waals surface area (Å²) in [5.41, 5.74) is 8.15. The van der Waals surface area contributed by atoms with E-state index < -0.39 is 0 Å². The van der Waals surface area contributed by atoms with E-state index in [4.69, 9.17) is 19.9 Å². The van der Waals surface area contributed by atoms with Crippen molar-refractivity contribution in [1.29, 1.82) is 0 Å². The highest BCUT2D eigenvalue weighted by Crippen LogP contribution is 2.47. The van der Waals surface area contributed by atoms with E-state index in [0.717, 1.165) is 30.0 Å². The Morgan fingerprint density at radius 2 is 2.41 bits per heavy atom. The van der Waals surface area contributed by atoms with Crippen LogP contribution in [0, 0.1) is 0 Å². The standard InChI is InChI=1S/C12H16N2O3/c1-15-12-10-7(2-3-14-8(10)5-13)4-9-11(12)17-6-16-9/h4,8,14H,2-3,5-6,13H2,1H3. The van der Waals surface area contributed by atoms with E-state index in [9.17, 15) is 0 Å². The van der Waals surface area contributed by atoms with Gasteiger partial charge in [0.05, 0.1) is 7.11 Å². The van der Waals surface area contributed by atoms with E-state index >= 15 is 0 Å². The SMILES string of the molecule is COc1c2c(cc3c1C(CN)NCC3)OCO2. The highest BCUT2D eigenvalue weighted by Gasteiger charge is 2.30. The van der Waals surface area contributed by atoms with Crippen molar-refractivity contribution in [2.75, 3.05) is 27.0 Å². The Hall–Kier alpha value is -1.46. The monoisotopic (exact) mass is 236 g/mol. The van der Waals surface area contributed by atoms with Crippen LogP contribution in [0.25, 0.3) is 0 Å². The topological polar surface area (TPSA) is 65.7 Å². The predicted molar refractivity (Wildman–Crippen MR) is 62.6 cm³/mol. The van der Waals surface area contributed by atoms with Crippen LogP contribution < -0.4 is 25.3 Å². The lowest BCUT2D eigenvalue weighted by Crippen LogP contribution is -2.35. The second-order valence-corrected chi connectivity index (χ2v) is 4.21. The van der Waals surface area contributed by atoms with Crippen LogP contribution in [-0.2, 0) is 6.42 Å². The number of rotatable bonds is 2. The quantitative estimate of drug-likeness (QED) is 0.786. The molecule has 1 unspecified atom stereocenters. The number of nitrogens with one attached hydrogen (secondary N) is 1. The van der Waals surface area contributed by atoms with E-state index in [1.165, 1.54) is 5.56 Å². The van der Waals surface area contributed by atoms with E-state index in [1.54, 1.807) is 7.11 Å². The third kappa shape index (κ3) is 1.54. The van der Waals surface area contributed by atoms with Gasteiger partial charge in [-0.2, -0.15) is 0 Å². The largest absolute Gasteiger partial charge is 0.492 e. The second-order valence-electron chi connectivity index (χ2n) is 4.21. The highest BCUT2D eigenvalue weighted by molar-refractivity contribution is 5.61. The van der Waals surface area contributed by atoms with E-state index in [1.807, 2.05) is 6.07 Å². The molecule has 0 saturated heterocycles. The van der Waals surface area contributed by atoms with Gasteiger partial charge in [-0.3, -0.25) is 0 Å². The summed E-state index contributed by atoms with van der Waals surface area (Å²) in [7, 11) is 1.65. The van der Waals surface area contributed by atoms with Crippen molar-refractivity contribution in [3.63, 3.8) is 0 Å². The first-order valence-electron chi connectivity index (χ1n) is 5.78. The van der Waals surface area contributed by atoms with Crippen LogP contribution in [0.5, 0.6) is 17.2 Å². The number of nitrogens with two attached hydrogens (primary N) is 1. The Bertz CT molecular complexity index is 448. The van der Waals surface area contributed by atoms with Crippen LogP contribution in [0.15, 0.2) is 6.07 Å². The molecule has 3 rings (SSSR count). The minimum absolute atomic E-state index is 0.128. The molecule has 0 spiro atoms. The maximum Gasteiger partial charge on any atom is 0.231 e. The molecule has 0 bridgehead atoms. The third-order valence-corrected chi connectivity index (χ3v) is 3.32. The Morgan fingerprint density at radius 1 is 1.53 bits per heavy atom. The zero-order valence-electron chi connectivity index (χ0n) is 9.79. The van der Waals surface area contributed by atoms with Gasteiger partial charge >= 0.3 is 0 Å². The van der Waals surface area contributed by atoms with Crippen molar-refractivity contribution < 1.29 is 14.2 Å². The van der Waals surface area contributed by atoms with E-state index in [-0.39, 0.29) is 12.8 Å². The first-order valence-corrected chi connectivity index (χ1v) is 5.78. The Kier molecular flexibility index (Phi) is 2.57. The van der Waals surface area contributed by atoms with Gasteiger partial charge in [0, 0.05) is 18.2 Å². The molecule has 92 valence electrons. The summed E-state index contributed by atoms with van der Waals surface area (Å²) in [5, 5.41) is 3.39. The number of hydrogen-bond donors (Lipinski definition) is 2. The van der Waals surface area contributed by atoms with Crippen molar-refractivity contribution in [3.05, 3.63) is 17.2 Å². The fraction of sp³-hybridized carbons (Fsp3) is 0.500. The fourth-order valence-electron chi connectivity index (χ4n) is 2.55. The first kappa shape index (κ1) is 10.7. The lowest BCUT2D eigenvalue weighted by molar-refractivity contribution is 0.171. The molecule has 1 aromatic rings. The van der Waals surface area contributed by atoms with Crippen molar-refractivity contribution in [3.8, 4) is 17.2 Å². The van der Waals surface area contributed by atoms with Gasteiger partial charge in [0.15, 0.2) is 11.5 Å². The molecule has 5 heteroatoms. The van der Waals surface area contributed by atoms with Gasteiger partial charge in [-0.25, -0.2) is 0 Å². The second kappa shape index (κ2) is 4.09. The minimum Gasteiger partial charge on any atom is -0.492 e. The van der Waals surface area contributed by atoms with Gasteiger partial charge in [-0.1, -0.05) is 0 Å². The molecule has 0 amide bonds. The number of hydrogen-bond acceptors (Lipinski definition) is 5. The summed E-state index contributed by atoms with van der Waals surface area (Å²) >= 11 is 0. The van der Waals surface area contributed by atoms with Crippen LogP contribution in [0.2, 0.25) is 0 Å². The van der Waals surface area contributed by atoms with Crippen LogP contribution in [0.4, 0.5) is 0 Å². The van der Waals surface area contributed by atoms with Crippen LogP contribution in [0.1, 0.15) is 17.2 Å². The molecule has 0 fully saturated rings. The molecule has 17 heavy (non-hydrogen) atoms. The van der Waals surface area contributed by atoms with Gasteiger partial charge in [0.25, 0.3) is 0 Å². The summed E-state index contributed by atoms with van der Waals surface area (Å²) in [6.45, 7) is 1.73. The Balaban J connectivity index is 2.19. The molecule has 2 aliphatic heterocycles. The Morgan fingerprint density at radius 3 is 3.18 bits per heavy atom. The minimum atomic E-state index is 0.128. The fourth-order valence-corrected chi connectivity index (χ4v) is 2.55.